The van der Waals surface area contributed by atoms with Crippen LogP contribution in [0.2, 0.25) is 5.02 Å². The van der Waals surface area contributed by atoms with Crippen LogP contribution in [0, 0.1) is 19.7 Å². The summed E-state index contributed by atoms with van der Waals surface area (Å²) in [6.45, 7) is 8.08. The molecule has 0 atom stereocenters. The molecule has 0 aliphatic rings. The van der Waals surface area contributed by atoms with Gasteiger partial charge in [-0.25, -0.2) is 4.39 Å². The summed E-state index contributed by atoms with van der Waals surface area (Å²) < 4.78 is 15.7. The van der Waals surface area contributed by atoms with Gasteiger partial charge in [0, 0.05) is 16.6 Å². The molecule has 0 radical (unpaired) electrons. The molecule has 0 unspecified atom stereocenters. The van der Waals surface area contributed by atoms with Gasteiger partial charge in [-0.15, -0.1) is 0 Å². The lowest BCUT2D eigenvalue weighted by Crippen LogP contribution is -2.34. The third-order valence-electron chi connectivity index (χ3n) is 3.41. The average molecular weight is 355 g/mol. The van der Waals surface area contributed by atoms with Crippen LogP contribution in [-0.4, -0.2) is 20.9 Å². The van der Waals surface area contributed by atoms with Gasteiger partial charge in [-0.3, -0.25) is 4.68 Å². The van der Waals surface area contributed by atoms with E-state index in [2.05, 4.69) is 15.7 Å². The van der Waals surface area contributed by atoms with E-state index in [0.29, 0.717) is 15.7 Å². The third kappa shape index (κ3) is 4.20. The second kappa shape index (κ2) is 7.27. The van der Waals surface area contributed by atoms with Crippen LogP contribution in [0.15, 0.2) is 18.2 Å². The van der Waals surface area contributed by atoms with Crippen molar-refractivity contribution in [3.8, 4) is 0 Å². The molecular formula is C16H20ClFN4S. The first kappa shape index (κ1) is 17.7. The summed E-state index contributed by atoms with van der Waals surface area (Å²) in [4.78, 5) is 0. The highest BCUT2D eigenvalue weighted by molar-refractivity contribution is 7.80. The predicted molar refractivity (Wildman–Crippen MR) is 96.7 cm³/mol. The number of hydrogen-bond acceptors (Lipinski definition) is 2. The maximum Gasteiger partial charge on any atom is 0.171 e. The maximum absolute atomic E-state index is 14.0. The van der Waals surface area contributed by atoms with Gasteiger partial charge in [0.2, 0.25) is 0 Å². The zero-order valence-electron chi connectivity index (χ0n) is 13.6. The van der Waals surface area contributed by atoms with Crippen LogP contribution in [0.4, 0.5) is 10.1 Å². The summed E-state index contributed by atoms with van der Waals surface area (Å²) in [5, 5.41) is 11.7. The minimum Gasteiger partial charge on any atom is -0.360 e. The molecule has 1 heterocycles. The molecule has 7 heteroatoms. The normalized spacial score (nSPS) is 10.9. The lowest BCUT2D eigenvalue weighted by molar-refractivity contribution is 0.579. The largest absolute Gasteiger partial charge is 0.360 e. The third-order valence-corrected chi connectivity index (χ3v) is 3.98. The van der Waals surface area contributed by atoms with Crippen LogP contribution >= 0.6 is 23.8 Å². The number of aryl methyl sites for hydroxylation is 1. The maximum atomic E-state index is 14.0. The topological polar surface area (TPSA) is 41.9 Å². The molecule has 0 fully saturated rings. The van der Waals surface area contributed by atoms with Crippen LogP contribution in [0.3, 0.4) is 0 Å². The van der Waals surface area contributed by atoms with E-state index in [1.807, 2.05) is 27.7 Å². The summed E-state index contributed by atoms with van der Waals surface area (Å²) in [6.07, 6.45) is 0. The zero-order chi connectivity index (χ0) is 17.1. The van der Waals surface area contributed by atoms with Gasteiger partial charge in [-0.2, -0.15) is 5.10 Å². The molecule has 0 saturated carbocycles. The summed E-state index contributed by atoms with van der Waals surface area (Å²) in [5.41, 5.74) is 2.92. The Morgan fingerprint density at radius 2 is 2.09 bits per heavy atom. The standard InChI is InChI=1S/C16H20ClFN4S/c1-9(2)19-16(23)20-15-10(3)21-22(11(15)4)8-12-13(17)6-5-7-14(12)18/h5-7,9H,8H2,1-4H3,(H2,19,20,23). The number of aromatic nitrogens is 2. The highest BCUT2D eigenvalue weighted by Crippen LogP contribution is 2.24. The van der Waals surface area contributed by atoms with E-state index in [1.165, 1.54) is 6.07 Å². The first-order valence-electron chi connectivity index (χ1n) is 7.34. The predicted octanol–water partition coefficient (Wildman–Crippen LogP) is 4.04. The van der Waals surface area contributed by atoms with Gasteiger partial charge in [0.15, 0.2) is 5.11 Å². The molecule has 0 amide bonds. The Balaban J connectivity index is 2.26. The number of halogens is 2. The second-order valence-corrected chi connectivity index (χ2v) is 6.47. The van der Waals surface area contributed by atoms with Crippen molar-refractivity contribution in [2.24, 2.45) is 0 Å². The number of hydrogen-bond donors (Lipinski definition) is 2. The first-order valence-corrected chi connectivity index (χ1v) is 8.12. The van der Waals surface area contributed by atoms with E-state index in [1.54, 1.807) is 16.8 Å². The number of rotatable bonds is 4. The number of thiocarbonyl (C=S) groups is 1. The molecule has 0 aliphatic carbocycles. The minimum absolute atomic E-state index is 0.239. The Bertz CT molecular complexity index is 707. The van der Waals surface area contributed by atoms with E-state index >= 15 is 0 Å². The van der Waals surface area contributed by atoms with E-state index in [4.69, 9.17) is 23.8 Å². The van der Waals surface area contributed by atoms with Gasteiger partial charge < -0.3 is 10.6 Å². The zero-order valence-corrected chi connectivity index (χ0v) is 15.1. The van der Waals surface area contributed by atoms with Gasteiger partial charge >= 0.3 is 0 Å². The molecule has 0 aliphatic heterocycles. The highest BCUT2D eigenvalue weighted by atomic mass is 35.5. The number of anilines is 1. The van der Waals surface area contributed by atoms with Crippen LogP contribution < -0.4 is 10.6 Å². The smallest absolute Gasteiger partial charge is 0.171 e. The van der Waals surface area contributed by atoms with Crippen LogP contribution in [-0.2, 0) is 6.54 Å². The van der Waals surface area contributed by atoms with Crippen molar-refractivity contribution in [3.63, 3.8) is 0 Å². The number of benzene rings is 1. The summed E-state index contributed by atoms with van der Waals surface area (Å²) in [7, 11) is 0. The van der Waals surface area contributed by atoms with Gasteiger partial charge in [-0.05, 0) is 52.0 Å². The fourth-order valence-electron chi connectivity index (χ4n) is 2.28. The van der Waals surface area contributed by atoms with Crippen LogP contribution in [0.5, 0.6) is 0 Å². The number of nitrogens with one attached hydrogen (secondary N) is 2. The van der Waals surface area contributed by atoms with Gasteiger partial charge in [0.05, 0.1) is 23.6 Å². The van der Waals surface area contributed by atoms with Crippen molar-refractivity contribution in [2.45, 2.75) is 40.3 Å². The Labute approximate surface area is 146 Å². The van der Waals surface area contributed by atoms with Crippen LogP contribution in [0.1, 0.15) is 30.8 Å². The molecule has 1 aromatic heterocycles. The molecule has 4 nitrogen and oxygen atoms in total. The molecule has 124 valence electrons. The Hall–Kier alpha value is -1.66. The van der Waals surface area contributed by atoms with Crippen molar-refractivity contribution in [3.05, 3.63) is 46.0 Å². The van der Waals surface area contributed by atoms with Crippen molar-refractivity contribution < 1.29 is 4.39 Å². The molecule has 0 bridgehead atoms. The summed E-state index contributed by atoms with van der Waals surface area (Å²) >= 11 is 11.4. The lowest BCUT2D eigenvalue weighted by Gasteiger charge is -2.13. The van der Waals surface area contributed by atoms with Crippen LogP contribution in [0.25, 0.3) is 0 Å². The minimum atomic E-state index is -0.337. The monoisotopic (exact) mass is 354 g/mol. The molecule has 1 aromatic carbocycles. The lowest BCUT2D eigenvalue weighted by atomic mass is 10.2. The number of nitrogens with zero attached hydrogens (tertiary/aromatic N) is 2. The van der Waals surface area contributed by atoms with E-state index in [-0.39, 0.29) is 18.4 Å². The molecule has 2 N–H and O–H groups in total. The fraction of sp³-hybridized carbons (Fsp3) is 0.375. The quantitative estimate of drug-likeness (QED) is 0.813. The molecule has 0 saturated heterocycles. The Morgan fingerprint density at radius 3 is 2.70 bits per heavy atom. The van der Waals surface area contributed by atoms with Crippen molar-refractivity contribution in [1.82, 2.24) is 15.1 Å². The van der Waals surface area contributed by atoms with E-state index in [9.17, 15) is 4.39 Å². The highest BCUT2D eigenvalue weighted by Gasteiger charge is 2.15. The second-order valence-electron chi connectivity index (χ2n) is 5.66. The van der Waals surface area contributed by atoms with Gasteiger partial charge in [0.25, 0.3) is 0 Å². The van der Waals surface area contributed by atoms with Gasteiger partial charge in [0.1, 0.15) is 5.82 Å². The average Bonchev–Trinajstić information content (AvgIpc) is 2.70. The summed E-state index contributed by atoms with van der Waals surface area (Å²) in [6, 6.07) is 4.90. The SMILES string of the molecule is Cc1nn(Cc2c(F)cccc2Cl)c(C)c1NC(=S)NC(C)C. The van der Waals surface area contributed by atoms with Crippen molar-refractivity contribution >= 4 is 34.6 Å². The van der Waals surface area contributed by atoms with Crippen molar-refractivity contribution in [2.75, 3.05) is 5.32 Å². The first-order chi connectivity index (χ1) is 10.8. The summed E-state index contributed by atoms with van der Waals surface area (Å²) in [5.74, 6) is -0.337. The van der Waals surface area contributed by atoms with Gasteiger partial charge in [-0.1, -0.05) is 17.7 Å². The Morgan fingerprint density at radius 1 is 1.39 bits per heavy atom. The molecular weight excluding hydrogens is 335 g/mol. The molecule has 2 rings (SSSR count). The fourth-order valence-corrected chi connectivity index (χ4v) is 2.84. The molecule has 2 aromatic rings. The molecule has 0 spiro atoms. The van der Waals surface area contributed by atoms with E-state index in [0.717, 1.165) is 17.1 Å². The van der Waals surface area contributed by atoms with E-state index < -0.39 is 0 Å². The van der Waals surface area contributed by atoms with Crippen molar-refractivity contribution in [1.29, 1.82) is 0 Å². The Kier molecular flexibility index (Phi) is 5.59. The molecule has 23 heavy (non-hydrogen) atoms.